The molecule has 1 aliphatic rings. The summed E-state index contributed by atoms with van der Waals surface area (Å²) in [5, 5.41) is 3.77. The van der Waals surface area contributed by atoms with Crippen molar-refractivity contribution < 1.29 is 4.74 Å². The minimum absolute atomic E-state index is 0.0753. The second-order valence-corrected chi connectivity index (χ2v) is 6.26. The summed E-state index contributed by atoms with van der Waals surface area (Å²) in [5.41, 5.74) is 2.75. The maximum atomic E-state index is 5.24. The lowest BCUT2D eigenvalue weighted by molar-refractivity contribution is 0.397. The molecule has 2 atom stereocenters. The van der Waals surface area contributed by atoms with E-state index in [0.717, 1.165) is 12.2 Å². The Labute approximate surface area is 126 Å². The van der Waals surface area contributed by atoms with Gasteiger partial charge < -0.3 is 10.1 Å². The Bertz CT molecular complexity index is 592. The molecule has 3 heteroatoms. The van der Waals surface area contributed by atoms with E-state index in [9.17, 15) is 0 Å². The highest BCUT2D eigenvalue weighted by molar-refractivity contribution is 5.32. The topological polar surface area (TPSA) is 34.1 Å². The van der Waals surface area contributed by atoms with Crippen molar-refractivity contribution in [2.24, 2.45) is 0 Å². The molecule has 3 rings (SSSR count). The molecule has 0 amide bonds. The Morgan fingerprint density at radius 3 is 2.33 bits per heavy atom. The Morgan fingerprint density at radius 1 is 1.05 bits per heavy atom. The first-order valence-corrected chi connectivity index (χ1v) is 7.42. The van der Waals surface area contributed by atoms with E-state index in [1.165, 1.54) is 11.1 Å². The third kappa shape index (κ3) is 2.79. The lowest BCUT2D eigenvalue weighted by atomic mass is 9.83. The van der Waals surface area contributed by atoms with Gasteiger partial charge in [-0.1, -0.05) is 12.1 Å². The normalized spacial score (nSPS) is 24.0. The average Bonchev–Trinajstić information content (AvgIpc) is 2.84. The SMILES string of the molecule is COc1ccc([C@H]2C[C@H](c3ccncc3)C(C)(C)N2)cc1. The zero-order chi connectivity index (χ0) is 14.9. The third-order valence-electron chi connectivity index (χ3n) is 4.52. The van der Waals surface area contributed by atoms with Crippen LogP contribution < -0.4 is 10.1 Å². The number of hydrogen-bond acceptors (Lipinski definition) is 3. The van der Waals surface area contributed by atoms with Crippen molar-refractivity contribution in [3.63, 3.8) is 0 Å². The molecular weight excluding hydrogens is 260 g/mol. The minimum Gasteiger partial charge on any atom is -0.497 e. The summed E-state index contributed by atoms with van der Waals surface area (Å²) in [6.07, 6.45) is 4.86. The molecule has 0 spiro atoms. The summed E-state index contributed by atoms with van der Waals surface area (Å²) in [6.45, 7) is 4.56. The Morgan fingerprint density at radius 2 is 1.71 bits per heavy atom. The molecule has 0 bridgehead atoms. The van der Waals surface area contributed by atoms with Crippen molar-refractivity contribution in [1.29, 1.82) is 0 Å². The van der Waals surface area contributed by atoms with E-state index in [1.807, 2.05) is 24.5 Å². The predicted octanol–water partition coefficient (Wildman–Crippen LogP) is 3.69. The van der Waals surface area contributed by atoms with E-state index in [1.54, 1.807) is 7.11 Å². The quantitative estimate of drug-likeness (QED) is 0.932. The van der Waals surface area contributed by atoms with Gasteiger partial charge in [0.1, 0.15) is 5.75 Å². The maximum Gasteiger partial charge on any atom is 0.118 e. The molecule has 0 aliphatic carbocycles. The molecule has 1 aromatic carbocycles. The number of nitrogens with zero attached hydrogens (tertiary/aromatic N) is 1. The fourth-order valence-corrected chi connectivity index (χ4v) is 3.34. The number of rotatable bonds is 3. The van der Waals surface area contributed by atoms with E-state index in [-0.39, 0.29) is 5.54 Å². The molecule has 1 aromatic heterocycles. The third-order valence-corrected chi connectivity index (χ3v) is 4.52. The number of benzene rings is 1. The monoisotopic (exact) mass is 282 g/mol. The van der Waals surface area contributed by atoms with Crippen LogP contribution in [0.3, 0.4) is 0 Å². The lowest BCUT2D eigenvalue weighted by Gasteiger charge is -2.27. The van der Waals surface area contributed by atoms with Gasteiger partial charge in [0.25, 0.3) is 0 Å². The molecule has 1 aliphatic heterocycles. The van der Waals surface area contributed by atoms with Gasteiger partial charge in [-0.2, -0.15) is 0 Å². The van der Waals surface area contributed by atoms with Crippen molar-refractivity contribution in [1.82, 2.24) is 10.3 Å². The van der Waals surface area contributed by atoms with Crippen LogP contribution in [0.15, 0.2) is 48.8 Å². The first-order valence-electron chi connectivity index (χ1n) is 7.42. The van der Waals surface area contributed by atoms with Gasteiger partial charge in [0.05, 0.1) is 7.11 Å². The van der Waals surface area contributed by atoms with E-state index >= 15 is 0 Å². The molecule has 3 nitrogen and oxygen atoms in total. The summed E-state index contributed by atoms with van der Waals surface area (Å²) in [5.74, 6) is 1.40. The molecule has 2 aromatic rings. The second kappa shape index (κ2) is 5.49. The van der Waals surface area contributed by atoms with Crippen molar-refractivity contribution >= 4 is 0 Å². The van der Waals surface area contributed by atoms with Crippen LogP contribution in [0.25, 0.3) is 0 Å². The van der Waals surface area contributed by atoms with Crippen LogP contribution in [0.5, 0.6) is 5.75 Å². The number of aromatic nitrogens is 1. The van der Waals surface area contributed by atoms with E-state index in [4.69, 9.17) is 4.74 Å². The Hall–Kier alpha value is -1.87. The molecule has 0 saturated carbocycles. The number of nitrogens with one attached hydrogen (secondary N) is 1. The summed E-state index contributed by atoms with van der Waals surface area (Å²) < 4.78 is 5.24. The van der Waals surface area contributed by atoms with Crippen LogP contribution in [0, 0.1) is 0 Å². The van der Waals surface area contributed by atoms with Gasteiger partial charge in [-0.25, -0.2) is 0 Å². The van der Waals surface area contributed by atoms with Gasteiger partial charge >= 0.3 is 0 Å². The lowest BCUT2D eigenvalue weighted by Crippen LogP contribution is -2.37. The highest BCUT2D eigenvalue weighted by atomic mass is 16.5. The van der Waals surface area contributed by atoms with Gasteiger partial charge in [0, 0.05) is 29.9 Å². The molecule has 0 radical (unpaired) electrons. The van der Waals surface area contributed by atoms with E-state index < -0.39 is 0 Å². The van der Waals surface area contributed by atoms with Crippen LogP contribution in [-0.4, -0.2) is 17.6 Å². The summed E-state index contributed by atoms with van der Waals surface area (Å²) in [7, 11) is 1.70. The molecule has 1 N–H and O–H groups in total. The highest BCUT2D eigenvalue weighted by Gasteiger charge is 2.40. The van der Waals surface area contributed by atoms with Gasteiger partial charge in [-0.15, -0.1) is 0 Å². The molecule has 1 fully saturated rings. The van der Waals surface area contributed by atoms with Crippen LogP contribution >= 0.6 is 0 Å². The maximum absolute atomic E-state index is 5.24. The summed E-state index contributed by atoms with van der Waals surface area (Å²) in [6, 6.07) is 13.0. The fraction of sp³-hybridized carbons (Fsp3) is 0.389. The van der Waals surface area contributed by atoms with Gasteiger partial charge in [-0.3, -0.25) is 4.98 Å². The predicted molar refractivity (Wildman–Crippen MR) is 84.5 cm³/mol. The van der Waals surface area contributed by atoms with Crippen molar-refractivity contribution in [2.75, 3.05) is 7.11 Å². The van der Waals surface area contributed by atoms with Crippen molar-refractivity contribution in [2.45, 2.75) is 37.8 Å². The number of hydrogen-bond donors (Lipinski definition) is 1. The largest absolute Gasteiger partial charge is 0.497 e. The zero-order valence-corrected chi connectivity index (χ0v) is 12.8. The van der Waals surface area contributed by atoms with Gasteiger partial charge in [0.15, 0.2) is 0 Å². The first kappa shape index (κ1) is 14.1. The summed E-state index contributed by atoms with van der Waals surface area (Å²) in [4.78, 5) is 4.13. The fourth-order valence-electron chi connectivity index (χ4n) is 3.34. The number of methoxy groups -OCH3 is 1. The molecule has 0 unspecified atom stereocenters. The Kier molecular flexibility index (Phi) is 3.68. The van der Waals surface area contributed by atoms with Crippen LogP contribution in [0.1, 0.15) is 43.4 Å². The van der Waals surface area contributed by atoms with E-state index in [2.05, 4.69) is 48.4 Å². The standard InChI is InChI=1S/C18H22N2O/c1-18(2)16(13-8-10-19-11-9-13)12-17(20-18)14-4-6-15(21-3)7-5-14/h4-11,16-17,20H,12H2,1-3H3/t16-,17-/m1/s1. The van der Waals surface area contributed by atoms with Crippen molar-refractivity contribution in [3.05, 3.63) is 59.9 Å². The van der Waals surface area contributed by atoms with Crippen LogP contribution in [0.2, 0.25) is 0 Å². The number of ether oxygens (including phenoxy) is 1. The van der Waals surface area contributed by atoms with Crippen LogP contribution in [-0.2, 0) is 0 Å². The molecule has 1 saturated heterocycles. The smallest absolute Gasteiger partial charge is 0.118 e. The molecule has 110 valence electrons. The van der Waals surface area contributed by atoms with E-state index in [0.29, 0.717) is 12.0 Å². The molecule has 21 heavy (non-hydrogen) atoms. The zero-order valence-electron chi connectivity index (χ0n) is 12.8. The molecular formula is C18H22N2O. The highest BCUT2D eigenvalue weighted by Crippen LogP contribution is 2.43. The van der Waals surface area contributed by atoms with Crippen molar-refractivity contribution in [3.8, 4) is 5.75 Å². The molecule has 2 heterocycles. The number of pyridine rings is 1. The minimum atomic E-state index is 0.0753. The second-order valence-electron chi connectivity index (χ2n) is 6.26. The Balaban J connectivity index is 1.84. The van der Waals surface area contributed by atoms with Gasteiger partial charge in [0.2, 0.25) is 0 Å². The average molecular weight is 282 g/mol. The van der Waals surface area contributed by atoms with Gasteiger partial charge in [-0.05, 0) is 55.7 Å². The summed E-state index contributed by atoms with van der Waals surface area (Å²) >= 11 is 0. The first-order chi connectivity index (χ1) is 10.1. The van der Waals surface area contributed by atoms with Crippen LogP contribution in [0.4, 0.5) is 0 Å².